The van der Waals surface area contributed by atoms with Crippen molar-refractivity contribution in [3.63, 3.8) is 0 Å². The van der Waals surface area contributed by atoms with Gasteiger partial charge in [0.05, 0.1) is 34.9 Å². The molecule has 2 N–H and O–H groups in total. The highest BCUT2D eigenvalue weighted by atomic mass is 35.5. The molecule has 1 aliphatic heterocycles. The molecule has 0 aromatic heterocycles. The van der Waals surface area contributed by atoms with Crippen LogP contribution in [0.15, 0.2) is 42.5 Å². The highest BCUT2D eigenvalue weighted by Crippen LogP contribution is 2.46. The van der Waals surface area contributed by atoms with Crippen molar-refractivity contribution in [2.75, 3.05) is 11.5 Å². The van der Waals surface area contributed by atoms with Crippen LogP contribution in [-0.4, -0.2) is 34.6 Å². The van der Waals surface area contributed by atoms with Crippen molar-refractivity contribution in [1.29, 1.82) is 0 Å². The third-order valence-electron chi connectivity index (χ3n) is 4.87. The van der Waals surface area contributed by atoms with Crippen LogP contribution in [0.2, 0.25) is 5.02 Å². The summed E-state index contributed by atoms with van der Waals surface area (Å²) >= 11 is 6.28. The minimum atomic E-state index is -1.03. The van der Waals surface area contributed by atoms with Gasteiger partial charge in [-0.15, -0.1) is 0 Å². The van der Waals surface area contributed by atoms with Crippen LogP contribution in [0.5, 0.6) is 11.5 Å². The Bertz CT molecular complexity index is 1240. The van der Waals surface area contributed by atoms with Crippen LogP contribution in [0.25, 0.3) is 10.8 Å². The SMILES string of the molecule is CCOc1c2c(c(O)c3ccccc13)C(=O)N(c1ccc(CC(=O)O)cc1Cl)C2=O. The van der Waals surface area contributed by atoms with Gasteiger partial charge in [0.1, 0.15) is 11.5 Å². The Balaban J connectivity index is 1.90. The predicted molar refractivity (Wildman–Crippen MR) is 111 cm³/mol. The van der Waals surface area contributed by atoms with Crippen LogP contribution < -0.4 is 9.64 Å². The van der Waals surface area contributed by atoms with E-state index in [4.69, 9.17) is 21.4 Å². The zero-order chi connectivity index (χ0) is 21.6. The van der Waals surface area contributed by atoms with Gasteiger partial charge in [0.15, 0.2) is 0 Å². The number of carboxylic acid groups (broad SMARTS) is 1. The highest BCUT2D eigenvalue weighted by Gasteiger charge is 2.43. The molecule has 0 atom stereocenters. The zero-order valence-corrected chi connectivity index (χ0v) is 16.6. The maximum absolute atomic E-state index is 13.3. The minimum Gasteiger partial charge on any atom is -0.506 e. The zero-order valence-electron chi connectivity index (χ0n) is 15.8. The average Bonchev–Trinajstić information content (AvgIpc) is 2.96. The molecule has 0 saturated heterocycles. The Labute approximate surface area is 176 Å². The molecule has 0 unspecified atom stereocenters. The molecule has 1 aliphatic rings. The number of nitrogens with zero attached hydrogens (tertiary/aromatic N) is 1. The number of phenols is 1. The number of hydrogen-bond donors (Lipinski definition) is 2. The number of benzene rings is 3. The third-order valence-corrected chi connectivity index (χ3v) is 5.17. The first kappa shape index (κ1) is 19.7. The Kier molecular flexibility index (Phi) is 4.83. The number of ether oxygens (including phenoxy) is 1. The van der Waals surface area contributed by atoms with Gasteiger partial charge in [0.2, 0.25) is 0 Å². The molecule has 0 fully saturated rings. The van der Waals surface area contributed by atoms with E-state index in [0.717, 1.165) is 4.90 Å². The number of anilines is 1. The molecule has 30 heavy (non-hydrogen) atoms. The van der Waals surface area contributed by atoms with Crippen LogP contribution in [-0.2, 0) is 11.2 Å². The molecular weight excluding hydrogens is 410 g/mol. The summed E-state index contributed by atoms with van der Waals surface area (Å²) in [5, 5.41) is 20.7. The Morgan fingerprint density at radius 1 is 1.07 bits per heavy atom. The molecule has 0 radical (unpaired) electrons. The second kappa shape index (κ2) is 7.35. The number of halogens is 1. The largest absolute Gasteiger partial charge is 0.506 e. The lowest BCUT2D eigenvalue weighted by Crippen LogP contribution is -2.29. The fourth-order valence-electron chi connectivity index (χ4n) is 3.65. The predicted octanol–water partition coefficient (Wildman–Crippen LogP) is 4.03. The van der Waals surface area contributed by atoms with Crippen LogP contribution >= 0.6 is 11.6 Å². The molecule has 1 heterocycles. The number of carbonyl (C=O) groups is 3. The summed E-state index contributed by atoms with van der Waals surface area (Å²) in [6, 6.07) is 11.1. The number of amides is 2. The molecule has 0 bridgehead atoms. The summed E-state index contributed by atoms with van der Waals surface area (Å²) in [5.74, 6) is -2.51. The summed E-state index contributed by atoms with van der Waals surface area (Å²) in [5.41, 5.74) is 0.357. The molecule has 0 spiro atoms. The number of rotatable bonds is 5. The summed E-state index contributed by atoms with van der Waals surface area (Å²) in [6.07, 6.45) is -0.247. The summed E-state index contributed by atoms with van der Waals surface area (Å²) in [6.45, 7) is 2.01. The minimum absolute atomic E-state index is 0.0243. The number of hydrogen-bond acceptors (Lipinski definition) is 5. The van der Waals surface area contributed by atoms with Gasteiger partial charge >= 0.3 is 5.97 Å². The molecule has 7 nitrogen and oxygen atoms in total. The van der Waals surface area contributed by atoms with Gasteiger partial charge in [-0.3, -0.25) is 14.4 Å². The topological polar surface area (TPSA) is 104 Å². The lowest BCUT2D eigenvalue weighted by Gasteiger charge is -2.16. The van der Waals surface area contributed by atoms with Crippen LogP contribution in [0.1, 0.15) is 33.2 Å². The first-order valence-electron chi connectivity index (χ1n) is 9.14. The molecule has 152 valence electrons. The van der Waals surface area contributed by atoms with Crippen LogP contribution in [0.4, 0.5) is 5.69 Å². The number of phenolic OH excluding ortho intramolecular Hbond substituents is 1. The molecule has 0 saturated carbocycles. The molecule has 8 heteroatoms. The normalized spacial score (nSPS) is 13.1. The molecule has 3 aromatic rings. The van der Waals surface area contributed by atoms with E-state index in [1.54, 1.807) is 31.2 Å². The van der Waals surface area contributed by atoms with Gasteiger partial charge in [-0.2, -0.15) is 0 Å². The van der Waals surface area contributed by atoms with E-state index >= 15 is 0 Å². The van der Waals surface area contributed by atoms with E-state index in [2.05, 4.69) is 0 Å². The smallest absolute Gasteiger partial charge is 0.307 e. The highest BCUT2D eigenvalue weighted by molar-refractivity contribution is 6.41. The number of aromatic hydroxyl groups is 1. The van der Waals surface area contributed by atoms with Crippen molar-refractivity contribution in [1.82, 2.24) is 0 Å². The van der Waals surface area contributed by atoms with E-state index in [1.807, 2.05) is 0 Å². The van der Waals surface area contributed by atoms with Crippen LogP contribution in [0, 0.1) is 0 Å². The van der Waals surface area contributed by atoms with Gasteiger partial charge in [-0.05, 0) is 24.6 Å². The fraction of sp³-hybridized carbons (Fsp3) is 0.136. The molecule has 0 aliphatic carbocycles. The Hall–Kier alpha value is -3.58. The average molecular weight is 426 g/mol. The monoisotopic (exact) mass is 425 g/mol. The van der Waals surface area contributed by atoms with E-state index in [0.29, 0.717) is 16.3 Å². The van der Waals surface area contributed by atoms with Crippen LogP contribution in [0.3, 0.4) is 0 Å². The number of fused-ring (bicyclic) bond motifs is 2. The van der Waals surface area contributed by atoms with Crippen molar-refractivity contribution in [2.45, 2.75) is 13.3 Å². The van der Waals surface area contributed by atoms with E-state index in [-0.39, 0.29) is 46.4 Å². The second-order valence-electron chi connectivity index (χ2n) is 6.71. The lowest BCUT2D eigenvalue weighted by atomic mass is 9.99. The van der Waals surface area contributed by atoms with Gasteiger partial charge < -0.3 is 14.9 Å². The third kappa shape index (κ3) is 2.95. The number of carbonyl (C=O) groups excluding carboxylic acids is 2. The van der Waals surface area contributed by atoms with Gasteiger partial charge in [0, 0.05) is 10.8 Å². The standard InChI is InChI=1S/C22H16ClNO6/c1-2-30-20-13-6-4-3-5-12(13)19(27)17-18(20)22(29)24(21(17)28)15-8-7-11(9-14(15)23)10-16(25)26/h3-9,27H,2,10H2,1H3,(H,25,26). The van der Waals surface area contributed by atoms with Gasteiger partial charge in [-0.1, -0.05) is 41.9 Å². The van der Waals surface area contributed by atoms with Crippen molar-refractivity contribution >= 4 is 45.8 Å². The first-order chi connectivity index (χ1) is 14.3. The number of carboxylic acids is 1. The first-order valence-corrected chi connectivity index (χ1v) is 9.52. The fourth-order valence-corrected chi connectivity index (χ4v) is 3.93. The van der Waals surface area contributed by atoms with Crippen molar-refractivity contribution in [2.24, 2.45) is 0 Å². The number of aliphatic carboxylic acids is 1. The Morgan fingerprint density at radius 3 is 2.37 bits per heavy atom. The second-order valence-corrected chi connectivity index (χ2v) is 7.12. The van der Waals surface area contributed by atoms with E-state index < -0.39 is 17.8 Å². The summed E-state index contributed by atoms with van der Waals surface area (Å²) in [4.78, 5) is 38.3. The van der Waals surface area contributed by atoms with E-state index in [9.17, 15) is 19.5 Å². The van der Waals surface area contributed by atoms with Gasteiger partial charge in [0.25, 0.3) is 11.8 Å². The van der Waals surface area contributed by atoms with Crippen molar-refractivity contribution in [3.05, 3.63) is 64.2 Å². The molecule has 4 rings (SSSR count). The maximum Gasteiger partial charge on any atom is 0.307 e. The van der Waals surface area contributed by atoms with Crippen molar-refractivity contribution in [3.8, 4) is 11.5 Å². The number of imide groups is 1. The van der Waals surface area contributed by atoms with E-state index in [1.165, 1.54) is 18.2 Å². The lowest BCUT2D eigenvalue weighted by molar-refractivity contribution is -0.136. The quantitative estimate of drug-likeness (QED) is 0.598. The molecule has 3 aromatic carbocycles. The maximum atomic E-state index is 13.3. The summed E-state index contributed by atoms with van der Waals surface area (Å²) < 4.78 is 5.70. The molecular formula is C22H16ClNO6. The van der Waals surface area contributed by atoms with Crippen molar-refractivity contribution < 1.29 is 29.3 Å². The summed E-state index contributed by atoms with van der Waals surface area (Å²) in [7, 11) is 0. The molecule has 2 amide bonds. The Morgan fingerprint density at radius 2 is 1.73 bits per heavy atom. The van der Waals surface area contributed by atoms with Gasteiger partial charge in [-0.25, -0.2) is 4.90 Å².